The average Bonchev–Trinajstić information content (AvgIpc) is 3.16. The molecule has 0 bridgehead atoms. The Kier molecular flexibility index (Phi) is 4.83. The average molecular weight is 413 g/mol. The van der Waals surface area contributed by atoms with E-state index >= 15 is 0 Å². The molecular formula is C18H10ClFN6OS. The smallest absolute Gasteiger partial charge is 0.168 e. The van der Waals surface area contributed by atoms with Gasteiger partial charge >= 0.3 is 0 Å². The Hall–Kier alpha value is -3.19. The van der Waals surface area contributed by atoms with Crippen LogP contribution in [-0.2, 0) is 6.61 Å². The molecule has 7 nitrogen and oxygen atoms in total. The number of aliphatic hydroxyl groups is 1. The van der Waals surface area contributed by atoms with E-state index < -0.39 is 5.82 Å². The van der Waals surface area contributed by atoms with Crippen LogP contribution in [0.2, 0.25) is 5.02 Å². The Bertz CT molecular complexity index is 1240. The Labute approximate surface area is 167 Å². The lowest BCUT2D eigenvalue weighted by Gasteiger charge is -2.06. The van der Waals surface area contributed by atoms with Gasteiger partial charge in [-0.25, -0.2) is 24.3 Å². The summed E-state index contributed by atoms with van der Waals surface area (Å²) >= 11 is 7.42. The summed E-state index contributed by atoms with van der Waals surface area (Å²) in [6.07, 6.45) is 2.36. The molecule has 0 saturated heterocycles. The quantitative estimate of drug-likeness (QED) is 0.520. The molecule has 0 aliphatic carbocycles. The van der Waals surface area contributed by atoms with Gasteiger partial charge in [-0.15, -0.1) is 11.3 Å². The van der Waals surface area contributed by atoms with Crippen molar-refractivity contribution in [1.82, 2.24) is 19.9 Å². The largest absolute Gasteiger partial charge is 0.390 e. The van der Waals surface area contributed by atoms with E-state index in [0.717, 1.165) is 17.5 Å². The Morgan fingerprint density at radius 2 is 2.14 bits per heavy atom. The summed E-state index contributed by atoms with van der Waals surface area (Å²) < 4.78 is 14.8. The molecule has 28 heavy (non-hydrogen) atoms. The van der Waals surface area contributed by atoms with Gasteiger partial charge in [0, 0.05) is 11.6 Å². The number of pyridine rings is 1. The van der Waals surface area contributed by atoms with E-state index in [1.807, 2.05) is 0 Å². The zero-order chi connectivity index (χ0) is 19.7. The maximum absolute atomic E-state index is 14.3. The third-order valence-electron chi connectivity index (χ3n) is 3.86. The summed E-state index contributed by atoms with van der Waals surface area (Å²) in [5.41, 5.74) is 1.33. The number of rotatable bonds is 4. The van der Waals surface area contributed by atoms with Gasteiger partial charge in [-0.1, -0.05) is 17.7 Å². The van der Waals surface area contributed by atoms with Gasteiger partial charge in [0.05, 0.1) is 35.2 Å². The molecule has 3 aromatic heterocycles. The minimum Gasteiger partial charge on any atom is -0.390 e. The van der Waals surface area contributed by atoms with Crippen molar-refractivity contribution < 1.29 is 9.50 Å². The zero-order valence-electron chi connectivity index (χ0n) is 14.0. The molecule has 0 atom stereocenters. The number of fused-ring (bicyclic) bond motifs is 1. The minimum absolute atomic E-state index is 0.109. The Balaban J connectivity index is 1.85. The van der Waals surface area contributed by atoms with Gasteiger partial charge in [0.1, 0.15) is 27.4 Å². The molecule has 4 rings (SSSR count). The van der Waals surface area contributed by atoms with Crippen LogP contribution in [0, 0.1) is 17.1 Å². The predicted molar refractivity (Wildman–Crippen MR) is 104 cm³/mol. The summed E-state index contributed by atoms with van der Waals surface area (Å²) in [7, 11) is 0. The number of hydrogen-bond donors (Lipinski definition) is 2. The van der Waals surface area contributed by atoms with E-state index in [0.29, 0.717) is 43.2 Å². The number of aliphatic hydroxyl groups excluding tert-OH is 1. The number of hydrogen-bond acceptors (Lipinski definition) is 8. The highest BCUT2D eigenvalue weighted by atomic mass is 35.5. The zero-order valence-corrected chi connectivity index (χ0v) is 15.6. The van der Waals surface area contributed by atoms with E-state index in [1.54, 1.807) is 24.3 Å². The van der Waals surface area contributed by atoms with E-state index in [1.165, 1.54) is 6.33 Å². The first kappa shape index (κ1) is 18.2. The number of thiazole rings is 1. The van der Waals surface area contributed by atoms with E-state index in [4.69, 9.17) is 11.6 Å². The number of aromatic nitrogens is 4. The molecule has 0 unspecified atom stereocenters. The van der Waals surface area contributed by atoms with Crippen molar-refractivity contribution >= 4 is 44.8 Å². The molecule has 138 valence electrons. The second-order valence-electron chi connectivity index (χ2n) is 5.60. The third-order valence-corrected chi connectivity index (χ3v) is 5.25. The summed E-state index contributed by atoms with van der Waals surface area (Å²) in [6.45, 7) is -0.238. The van der Waals surface area contributed by atoms with Crippen LogP contribution in [0.1, 0.15) is 11.3 Å². The first-order valence-corrected chi connectivity index (χ1v) is 9.13. The monoisotopic (exact) mass is 412 g/mol. The van der Waals surface area contributed by atoms with Gasteiger partial charge in [0.25, 0.3) is 0 Å². The number of benzene rings is 1. The highest BCUT2D eigenvalue weighted by molar-refractivity contribution is 7.22. The van der Waals surface area contributed by atoms with E-state index in [9.17, 15) is 14.8 Å². The van der Waals surface area contributed by atoms with E-state index in [-0.39, 0.29) is 12.1 Å². The molecule has 0 aliphatic heterocycles. The maximum Gasteiger partial charge on any atom is 0.168 e. The molecule has 10 heteroatoms. The molecule has 0 fully saturated rings. The highest BCUT2D eigenvalue weighted by Crippen LogP contribution is 2.39. The van der Waals surface area contributed by atoms with Gasteiger partial charge in [0.15, 0.2) is 11.6 Å². The molecule has 0 amide bonds. The predicted octanol–water partition coefficient (Wildman–Crippen LogP) is 4.05. The maximum atomic E-state index is 14.3. The lowest BCUT2D eigenvalue weighted by atomic mass is 10.1. The summed E-state index contributed by atoms with van der Waals surface area (Å²) in [6, 6.07) is 8.57. The SMILES string of the molecule is N#Cc1cccc(Cl)c1-c1nc2c(F)cnc(Nc3cc(CO)ncn3)c2s1. The summed E-state index contributed by atoms with van der Waals surface area (Å²) in [5.74, 6) is 0.144. The molecule has 4 aromatic rings. The Morgan fingerprint density at radius 1 is 1.29 bits per heavy atom. The van der Waals surface area contributed by atoms with Crippen LogP contribution in [0.15, 0.2) is 36.8 Å². The van der Waals surface area contributed by atoms with Crippen LogP contribution in [-0.4, -0.2) is 25.0 Å². The highest BCUT2D eigenvalue weighted by Gasteiger charge is 2.19. The number of nitriles is 1. The minimum atomic E-state index is -0.590. The van der Waals surface area contributed by atoms with Gasteiger partial charge in [0.2, 0.25) is 0 Å². The van der Waals surface area contributed by atoms with Crippen molar-refractivity contribution in [2.24, 2.45) is 0 Å². The van der Waals surface area contributed by atoms with Crippen LogP contribution in [0.5, 0.6) is 0 Å². The molecule has 1 aromatic carbocycles. The first-order valence-electron chi connectivity index (χ1n) is 7.93. The van der Waals surface area contributed by atoms with Crippen LogP contribution in [0.3, 0.4) is 0 Å². The van der Waals surface area contributed by atoms with Gasteiger partial charge in [-0.2, -0.15) is 5.26 Å². The fourth-order valence-corrected chi connectivity index (χ4v) is 4.00. The van der Waals surface area contributed by atoms with Crippen LogP contribution >= 0.6 is 22.9 Å². The molecule has 0 aliphatic rings. The van der Waals surface area contributed by atoms with Crippen molar-refractivity contribution in [3.8, 4) is 16.6 Å². The lowest BCUT2D eigenvalue weighted by molar-refractivity contribution is 0.276. The van der Waals surface area contributed by atoms with Crippen molar-refractivity contribution in [1.29, 1.82) is 5.26 Å². The lowest BCUT2D eigenvalue weighted by Crippen LogP contribution is -1.99. The normalized spacial score (nSPS) is 10.8. The molecule has 2 N–H and O–H groups in total. The van der Waals surface area contributed by atoms with Crippen molar-refractivity contribution in [3.63, 3.8) is 0 Å². The second kappa shape index (κ2) is 7.44. The van der Waals surface area contributed by atoms with Gasteiger partial charge < -0.3 is 10.4 Å². The topological polar surface area (TPSA) is 108 Å². The van der Waals surface area contributed by atoms with E-state index in [2.05, 4.69) is 31.3 Å². The summed E-state index contributed by atoms with van der Waals surface area (Å²) in [5, 5.41) is 22.3. The van der Waals surface area contributed by atoms with Crippen LogP contribution in [0.4, 0.5) is 16.0 Å². The molecule has 0 spiro atoms. The molecule has 0 saturated carbocycles. The number of halogens is 2. The molecule has 3 heterocycles. The van der Waals surface area contributed by atoms with Crippen molar-refractivity contribution in [3.05, 3.63) is 58.9 Å². The van der Waals surface area contributed by atoms with Crippen LogP contribution < -0.4 is 5.32 Å². The van der Waals surface area contributed by atoms with Gasteiger partial charge in [-0.3, -0.25) is 0 Å². The third kappa shape index (κ3) is 3.25. The van der Waals surface area contributed by atoms with Gasteiger partial charge in [-0.05, 0) is 12.1 Å². The fourth-order valence-electron chi connectivity index (χ4n) is 2.59. The molecule has 0 radical (unpaired) electrons. The van der Waals surface area contributed by atoms with Crippen molar-refractivity contribution in [2.75, 3.05) is 5.32 Å². The molecular weight excluding hydrogens is 403 g/mol. The van der Waals surface area contributed by atoms with Crippen molar-refractivity contribution in [2.45, 2.75) is 6.61 Å². The Morgan fingerprint density at radius 3 is 2.93 bits per heavy atom. The standard InChI is InChI=1S/C18H10ClFN6OS/c19-11-3-1-2-9(5-21)14(11)18-26-15-12(20)6-22-17(16(15)28-18)25-13-4-10(7-27)23-8-24-13/h1-4,6,8,27H,7H2,(H,22,23,24,25). The second-order valence-corrected chi connectivity index (χ2v) is 7.01. The fraction of sp³-hybridized carbons (Fsp3) is 0.0556. The number of anilines is 2. The first-order chi connectivity index (χ1) is 13.6. The number of nitrogens with zero attached hydrogens (tertiary/aromatic N) is 5. The van der Waals surface area contributed by atoms with Crippen LogP contribution in [0.25, 0.3) is 20.8 Å². The number of nitrogens with one attached hydrogen (secondary N) is 1. The summed E-state index contributed by atoms with van der Waals surface area (Å²) in [4.78, 5) is 16.4.